The molecule has 3 aromatic rings. The van der Waals surface area contributed by atoms with E-state index in [0.29, 0.717) is 25.2 Å². The molecule has 0 saturated heterocycles. The number of fused-ring (bicyclic) bond motifs is 1. The van der Waals surface area contributed by atoms with Gasteiger partial charge in [0.1, 0.15) is 0 Å². The number of carbonyl (C=O) groups excluding carboxylic acids is 1. The summed E-state index contributed by atoms with van der Waals surface area (Å²) in [6.07, 6.45) is 1.72. The lowest BCUT2D eigenvalue weighted by Gasteiger charge is -2.22. The molecule has 1 aromatic heterocycles. The number of nitrogens with one attached hydrogen (secondary N) is 1. The van der Waals surface area contributed by atoms with Crippen LogP contribution < -0.4 is 5.73 Å². The highest BCUT2D eigenvalue weighted by Gasteiger charge is 2.16. The third kappa shape index (κ3) is 2.99. The second-order valence-electron chi connectivity index (χ2n) is 5.17. The third-order valence-corrected chi connectivity index (χ3v) is 3.59. The molecule has 5 nitrogen and oxygen atoms in total. The SMILES string of the molecule is NCCN(Cc1ccccc1)C(=O)c1ccc2[nH]ncc2c1. The van der Waals surface area contributed by atoms with Gasteiger partial charge in [0.05, 0.1) is 11.7 Å². The number of amides is 1. The van der Waals surface area contributed by atoms with Gasteiger partial charge in [0.15, 0.2) is 0 Å². The van der Waals surface area contributed by atoms with E-state index in [0.717, 1.165) is 16.5 Å². The number of benzene rings is 2. The van der Waals surface area contributed by atoms with E-state index in [1.807, 2.05) is 48.5 Å². The van der Waals surface area contributed by atoms with Gasteiger partial charge in [-0.1, -0.05) is 30.3 Å². The Kier molecular flexibility index (Phi) is 4.16. The molecular formula is C17H18N4O. The van der Waals surface area contributed by atoms with Crippen molar-refractivity contribution in [3.63, 3.8) is 0 Å². The van der Waals surface area contributed by atoms with Crippen LogP contribution in [-0.2, 0) is 6.54 Å². The molecule has 0 unspecified atom stereocenters. The van der Waals surface area contributed by atoms with E-state index < -0.39 is 0 Å². The van der Waals surface area contributed by atoms with Crippen LogP contribution >= 0.6 is 0 Å². The molecule has 5 heteroatoms. The number of rotatable bonds is 5. The Balaban J connectivity index is 1.85. The molecule has 2 aromatic carbocycles. The van der Waals surface area contributed by atoms with E-state index in [4.69, 9.17) is 5.73 Å². The first-order valence-corrected chi connectivity index (χ1v) is 7.24. The van der Waals surface area contributed by atoms with E-state index in [2.05, 4.69) is 10.2 Å². The maximum Gasteiger partial charge on any atom is 0.254 e. The summed E-state index contributed by atoms with van der Waals surface area (Å²) in [5.74, 6) is -0.0163. The number of hydrogen-bond donors (Lipinski definition) is 2. The smallest absolute Gasteiger partial charge is 0.254 e. The first-order chi connectivity index (χ1) is 10.8. The molecule has 0 bridgehead atoms. The third-order valence-electron chi connectivity index (χ3n) is 3.59. The monoisotopic (exact) mass is 294 g/mol. The Labute approximate surface area is 128 Å². The highest BCUT2D eigenvalue weighted by molar-refractivity contribution is 5.97. The van der Waals surface area contributed by atoms with Gasteiger partial charge < -0.3 is 10.6 Å². The van der Waals surface area contributed by atoms with E-state index in [9.17, 15) is 4.79 Å². The van der Waals surface area contributed by atoms with Crippen LogP contribution in [0.5, 0.6) is 0 Å². The van der Waals surface area contributed by atoms with E-state index in [-0.39, 0.29) is 5.91 Å². The van der Waals surface area contributed by atoms with E-state index >= 15 is 0 Å². The molecule has 0 aliphatic rings. The minimum absolute atomic E-state index is 0.0163. The number of aromatic amines is 1. The van der Waals surface area contributed by atoms with Crippen molar-refractivity contribution >= 4 is 16.8 Å². The molecule has 0 radical (unpaired) electrons. The van der Waals surface area contributed by atoms with Crippen LogP contribution in [0.2, 0.25) is 0 Å². The Morgan fingerprint density at radius 3 is 2.77 bits per heavy atom. The Morgan fingerprint density at radius 1 is 1.18 bits per heavy atom. The van der Waals surface area contributed by atoms with Crippen LogP contribution in [-0.4, -0.2) is 34.1 Å². The minimum atomic E-state index is -0.0163. The quantitative estimate of drug-likeness (QED) is 0.757. The van der Waals surface area contributed by atoms with Crippen molar-refractivity contribution in [2.75, 3.05) is 13.1 Å². The molecule has 1 heterocycles. The Bertz CT molecular complexity index is 766. The fourth-order valence-electron chi connectivity index (χ4n) is 2.47. The average molecular weight is 294 g/mol. The normalized spacial score (nSPS) is 10.8. The maximum absolute atomic E-state index is 12.7. The Morgan fingerprint density at radius 2 is 2.00 bits per heavy atom. The molecule has 0 atom stereocenters. The van der Waals surface area contributed by atoms with Crippen LogP contribution in [0, 0.1) is 0 Å². The van der Waals surface area contributed by atoms with Crippen molar-refractivity contribution in [1.29, 1.82) is 0 Å². The first kappa shape index (κ1) is 14.3. The fourth-order valence-corrected chi connectivity index (χ4v) is 2.47. The molecule has 0 aliphatic heterocycles. The van der Waals surface area contributed by atoms with Gasteiger partial charge in [-0.25, -0.2) is 0 Å². The first-order valence-electron chi connectivity index (χ1n) is 7.24. The van der Waals surface area contributed by atoms with E-state index in [1.165, 1.54) is 0 Å². The second-order valence-corrected chi connectivity index (χ2v) is 5.17. The summed E-state index contributed by atoms with van der Waals surface area (Å²) < 4.78 is 0. The fraction of sp³-hybridized carbons (Fsp3) is 0.176. The standard InChI is InChI=1S/C17H18N4O/c18-8-9-21(12-13-4-2-1-3-5-13)17(22)14-6-7-16-15(10-14)11-19-20-16/h1-7,10-11H,8-9,12,18H2,(H,19,20). The predicted molar refractivity (Wildman–Crippen MR) is 86.3 cm³/mol. The number of hydrogen-bond acceptors (Lipinski definition) is 3. The largest absolute Gasteiger partial charge is 0.333 e. The number of aromatic nitrogens is 2. The zero-order chi connectivity index (χ0) is 15.4. The van der Waals surface area contributed by atoms with Gasteiger partial charge in [0.2, 0.25) is 0 Å². The van der Waals surface area contributed by atoms with Crippen molar-refractivity contribution in [1.82, 2.24) is 15.1 Å². The van der Waals surface area contributed by atoms with Gasteiger partial charge in [-0.2, -0.15) is 5.10 Å². The summed E-state index contributed by atoms with van der Waals surface area (Å²) >= 11 is 0. The Hall–Kier alpha value is -2.66. The van der Waals surface area contributed by atoms with Crippen molar-refractivity contribution in [3.05, 3.63) is 65.9 Å². The highest BCUT2D eigenvalue weighted by atomic mass is 16.2. The zero-order valence-corrected chi connectivity index (χ0v) is 12.2. The summed E-state index contributed by atoms with van der Waals surface area (Å²) in [4.78, 5) is 14.5. The lowest BCUT2D eigenvalue weighted by Crippen LogP contribution is -2.34. The molecule has 22 heavy (non-hydrogen) atoms. The molecule has 112 valence electrons. The molecule has 3 rings (SSSR count). The van der Waals surface area contributed by atoms with Gasteiger partial charge >= 0.3 is 0 Å². The highest BCUT2D eigenvalue weighted by Crippen LogP contribution is 2.16. The van der Waals surface area contributed by atoms with Gasteiger partial charge in [-0.05, 0) is 23.8 Å². The van der Waals surface area contributed by atoms with Crippen LogP contribution in [0.4, 0.5) is 0 Å². The summed E-state index contributed by atoms with van der Waals surface area (Å²) in [6.45, 7) is 1.52. The van der Waals surface area contributed by atoms with Crippen molar-refractivity contribution < 1.29 is 4.79 Å². The molecule has 0 saturated carbocycles. The molecule has 0 aliphatic carbocycles. The van der Waals surface area contributed by atoms with Gasteiger partial charge in [0, 0.05) is 30.6 Å². The predicted octanol–water partition coefficient (Wildman–Crippen LogP) is 2.16. The van der Waals surface area contributed by atoms with Crippen molar-refractivity contribution in [3.8, 4) is 0 Å². The average Bonchev–Trinajstić information content (AvgIpc) is 3.02. The summed E-state index contributed by atoms with van der Waals surface area (Å²) in [5, 5.41) is 7.79. The minimum Gasteiger partial charge on any atom is -0.333 e. The summed E-state index contributed by atoms with van der Waals surface area (Å²) in [6, 6.07) is 15.5. The number of nitrogens with two attached hydrogens (primary N) is 1. The lowest BCUT2D eigenvalue weighted by atomic mass is 10.1. The molecule has 3 N–H and O–H groups in total. The maximum atomic E-state index is 12.7. The number of H-pyrrole nitrogens is 1. The van der Waals surface area contributed by atoms with Crippen LogP contribution in [0.1, 0.15) is 15.9 Å². The van der Waals surface area contributed by atoms with Gasteiger partial charge in [-0.3, -0.25) is 9.89 Å². The number of carbonyl (C=O) groups is 1. The van der Waals surface area contributed by atoms with E-state index in [1.54, 1.807) is 11.1 Å². The topological polar surface area (TPSA) is 75.0 Å². The van der Waals surface area contributed by atoms with Crippen LogP contribution in [0.15, 0.2) is 54.7 Å². The molecule has 0 spiro atoms. The zero-order valence-electron chi connectivity index (χ0n) is 12.2. The number of nitrogens with zero attached hydrogens (tertiary/aromatic N) is 2. The van der Waals surface area contributed by atoms with Gasteiger partial charge in [0.25, 0.3) is 5.91 Å². The molecular weight excluding hydrogens is 276 g/mol. The molecule has 1 amide bonds. The summed E-state index contributed by atoms with van der Waals surface area (Å²) in [7, 11) is 0. The van der Waals surface area contributed by atoms with Crippen LogP contribution in [0.3, 0.4) is 0 Å². The molecule has 0 fully saturated rings. The second kappa shape index (κ2) is 6.41. The van der Waals surface area contributed by atoms with Crippen molar-refractivity contribution in [2.24, 2.45) is 5.73 Å². The van der Waals surface area contributed by atoms with Crippen molar-refractivity contribution in [2.45, 2.75) is 6.54 Å². The lowest BCUT2D eigenvalue weighted by molar-refractivity contribution is 0.0748. The summed E-state index contributed by atoms with van der Waals surface area (Å²) in [5.41, 5.74) is 8.33. The van der Waals surface area contributed by atoms with Gasteiger partial charge in [-0.15, -0.1) is 0 Å². The van der Waals surface area contributed by atoms with Crippen LogP contribution in [0.25, 0.3) is 10.9 Å².